The third-order valence-electron chi connectivity index (χ3n) is 16.1. The van der Waals surface area contributed by atoms with Crippen molar-refractivity contribution >= 4 is 82.0 Å². The number of nitrogens with zero attached hydrogens (tertiary/aromatic N) is 7. The molecule has 0 aliphatic carbocycles. The van der Waals surface area contributed by atoms with Crippen LogP contribution in [0.25, 0.3) is 11.1 Å². The van der Waals surface area contributed by atoms with Crippen LogP contribution in [0.3, 0.4) is 0 Å². The van der Waals surface area contributed by atoms with Crippen molar-refractivity contribution in [2.75, 3.05) is 59.5 Å². The summed E-state index contributed by atoms with van der Waals surface area (Å²) in [5.74, 6) is 0.732. The number of carbonyl (C=O) groups is 7. The van der Waals surface area contributed by atoms with Gasteiger partial charge in [0.15, 0.2) is 23.0 Å². The van der Waals surface area contributed by atoms with Gasteiger partial charge in [-0.3, -0.25) is 48.4 Å². The van der Waals surface area contributed by atoms with Crippen LogP contribution in [0.15, 0.2) is 107 Å². The molecular formula is C62H64N8O12. The molecule has 2 fully saturated rings. The Morgan fingerprint density at radius 2 is 1.13 bits per heavy atom. The largest absolute Gasteiger partial charge is 0.497 e. The Morgan fingerprint density at radius 1 is 0.598 bits per heavy atom. The SMILES string of the molecule is COc1ccc(C2=CN3C(=O)c4cc(OC)c(OCCCOc5cc6c(cc5OC)C(=O)N5C=C(c7ccc(NC(=O)C8CCCN8C(=O)C8CCCN8C(=O)CCCCCN8C(=O)C=CC8=O)cc7)C[C@H]5C=N6)cc4N=C[C@@H]3C2)cc1. The molecule has 7 amide bonds. The van der Waals surface area contributed by atoms with Gasteiger partial charge in [0.2, 0.25) is 17.7 Å². The molecule has 20 heteroatoms. The highest BCUT2D eigenvalue weighted by Gasteiger charge is 2.42. The maximum atomic E-state index is 14.2. The van der Waals surface area contributed by atoms with E-state index in [0.29, 0.717) is 135 Å². The van der Waals surface area contributed by atoms with E-state index in [9.17, 15) is 33.6 Å². The van der Waals surface area contributed by atoms with Gasteiger partial charge in [-0.2, -0.15) is 0 Å². The molecule has 0 bridgehead atoms. The molecule has 11 rings (SSSR count). The third kappa shape index (κ3) is 11.2. The van der Waals surface area contributed by atoms with Gasteiger partial charge >= 0.3 is 0 Å². The summed E-state index contributed by atoms with van der Waals surface area (Å²) in [6.07, 6.45) is 15.9. The van der Waals surface area contributed by atoms with E-state index in [1.165, 1.54) is 31.3 Å². The van der Waals surface area contributed by atoms with Crippen molar-refractivity contribution in [2.45, 2.75) is 94.8 Å². The highest BCUT2D eigenvalue weighted by atomic mass is 16.5. The normalized spacial score (nSPS) is 20.5. The summed E-state index contributed by atoms with van der Waals surface area (Å²) in [6.45, 7) is 1.73. The number of rotatable bonds is 20. The van der Waals surface area contributed by atoms with Gasteiger partial charge in [-0.15, -0.1) is 0 Å². The minimum absolute atomic E-state index is 0.105. The number of aliphatic imine (C=N–C) groups is 2. The Kier molecular flexibility index (Phi) is 16.0. The zero-order chi connectivity index (χ0) is 57.0. The first-order valence-corrected chi connectivity index (χ1v) is 27.9. The highest BCUT2D eigenvalue weighted by Crippen LogP contribution is 2.42. The van der Waals surface area contributed by atoms with Crippen LogP contribution in [-0.4, -0.2) is 157 Å². The van der Waals surface area contributed by atoms with E-state index in [0.717, 1.165) is 28.0 Å². The first-order chi connectivity index (χ1) is 39.9. The zero-order valence-corrected chi connectivity index (χ0v) is 46.0. The van der Waals surface area contributed by atoms with Gasteiger partial charge in [0.05, 0.1) is 69.1 Å². The summed E-state index contributed by atoms with van der Waals surface area (Å²) in [5, 5.41) is 3.00. The minimum Gasteiger partial charge on any atom is -0.497 e. The molecule has 2 unspecified atom stereocenters. The summed E-state index contributed by atoms with van der Waals surface area (Å²) in [4.78, 5) is 110. The fourth-order valence-electron chi connectivity index (χ4n) is 11.7. The second-order valence-corrected chi connectivity index (χ2v) is 21.1. The Morgan fingerprint density at radius 3 is 1.68 bits per heavy atom. The highest BCUT2D eigenvalue weighted by molar-refractivity contribution is 6.13. The molecular weight excluding hydrogens is 1050 g/mol. The molecule has 4 aromatic carbocycles. The standard InChI is InChI=1S/C62H64N8O12/c1-78-45-19-15-39(16-20-45)41-29-44-35-64-49-33-55(53(80-3)31-47(49)61(76)70(44)37-41)82-27-9-26-81-54-32-48-46(30-52(54)79-2)60(75)69-36-40(28-43(69)34-63-48)38-13-17-42(18-14-38)65-59(74)50-10-7-25-67(50)62(77)51-11-8-24-66(51)56(71)12-5-4-6-23-68-57(72)21-22-58(68)73/h13-22,30-37,43-44,50-51H,4-12,23-29H2,1-3H3,(H,65,74)/t43-,44-,50?,51?/m0/s1. The van der Waals surface area contributed by atoms with E-state index in [4.69, 9.17) is 33.7 Å². The topological polar surface area (TPSA) is 219 Å². The molecule has 20 nitrogen and oxygen atoms in total. The van der Waals surface area contributed by atoms with E-state index in [1.807, 2.05) is 60.9 Å². The van der Waals surface area contributed by atoms with E-state index in [1.54, 1.807) is 63.4 Å². The van der Waals surface area contributed by atoms with E-state index >= 15 is 0 Å². The van der Waals surface area contributed by atoms with Crippen molar-refractivity contribution in [3.05, 3.63) is 120 Å². The van der Waals surface area contributed by atoms with Gasteiger partial charge in [0.1, 0.15) is 17.8 Å². The number of unbranched alkanes of at least 4 members (excludes halogenated alkanes) is 2. The van der Waals surface area contributed by atoms with E-state index < -0.39 is 12.1 Å². The quantitative estimate of drug-likeness (QED) is 0.0660. The maximum Gasteiger partial charge on any atom is 0.260 e. The third-order valence-corrected chi connectivity index (χ3v) is 16.1. The summed E-state index contributed by atoms with van der Waals surface area (Å²) in [7, 11) is 4.67. The number of amides is 7. The fraction of sp³-hybridized carbons (Fsp3) is 0.371. The number of hydrogen-bond donors (Lipinski definition) is 1. The van der Waals surface area contributed by atoms with Crippen LogP contribution < -0.4 is 29.0 Å². The summed E-state index contributed by atoms with van der Waals surface area (Å²) in [6, 6.07) is 20.0. The van der Waals surface area contributed by atoms with Gasteiger partial charge < -0.3 is 48.6 Å². The van der Waals surface area contributed by atoms with Crippen LogP contribution in [-0.2, 0) is 24.0 Å². The van der Waals surface area contributed by atoms with Gasteiger partial charge in [-0.05, 0) is 97.2 Å². The Balaban J connectivity index is 0.657. The number of anilines is 1. The molecule has 82 heavy (non-hydrogen) atoms. The average molecular weight is 1110 g/mol. The molecule has 1 N–H and O–H groups in total. The van der Waals surface area contributed by atoms with Crippen molar-refractivity contribution in [1.29, 1.82) is 0 Å². The zero-order valence-electron chi connectivity index (χ0n) is 46.0. The molecule has 4 aromatic rings. The lowest BCUT2D eigenvalue weighted by Crippen LogP contribution is -2.51. The first kappa shape index (κ1) is 54.9. The number of carbonyl (C=O) groups excluding carboxylic acids is 7. The lowest BCUT2D eigenvalue weighted by Gasteiger charge is -2.31. The molecule has 0 radical (unpaired) electrons. The number of benzene rings is 4. The predicted molar refractivity (Wildman–Crippen MR) is 305 cm³/mol. The number of nitrogens with one attached hydrogen (secondary N) is 1. The fourth-order valence-corrected chi connectivity index (χ4v) is 11.7. The van der Waals surface area contributed by atoms with Crippen molar-refractivity contribution in [3.8, 4) is 28.7 Å². The molecule has 4 atom stereocenters. The van der Waals surface area contributed by atoms with Crippen LogP contribution >= 0.6 is 0 Å². The van der Waals surface area contributed by atoms with Crippen LogP contribution in [0, 0.1) is 0 Å². The number of imide groups is 1. The summed E-state index contributed by atoms with van der Waals surface area (Å²) < 4.78 is 29.0. The summed E-state index contributed by atoms with van der Waals surface area (Å²) in [5.41, 5.74) is 6.10. The number of methoxy groups -OCH3 is 3. The summed E-state index contributed by atoms with van der Waals surface area (Å²) >= 11 is 0. The van der Waals surface area contributed by atoms with Crippen LogP contribution in [0.5, 0.6) is 28.7 Å². The van der Waals surface area contributed by atoms with Gasteiger partial charge in [-0.1, -0.05) is 30.7 Å². The van der Waals surface area contributed by atoms with Gasteiger partial charge in [0.25, 0.3) is 23.6 Å². The Labute approximate surface area is 474 Å². The predicted octanol–water partition coefficient (Wildman–Crippen LogP) is 7.91. The van der Waals surface area contributed by atoms with Gasteiger partial charge in [0, 0.05) is 100 Å². The molecule has 7 heterocycles. The lowest BCUT2D eigenvalue weighted by molar-refractivity contribution is -0.146. The van der Waals surface area contributed by atoms with E-state index in [2.05, 4.69) is 5.32 Å². The molecule has 0 spiro atoms. The first-order valence-electron chi connectivity index (χ1n) is 27.9. The molecule has 7 aliphatic rings. The number of hydrogen-bond acceptors (Lipinski definition) is 14. The van der Waals surface area contributed by atoms with Crippen molar-refractivity contribution in [1.82, 2.24) is 24.5 Å². The van der Waals surface area contributed by atoms with Crippen LogP contribution in [0.4, 0.5) is 17.1 Å². The smallest absolute Gasteiger partial charge is 0.260 e. The van der Waals surface area contributed by atoms with Crippen molar-refractivity contribution in [3.63, 3.8) is 0 Å². The second-order valence-electron chi connectivity index (χ2n) is 21.1. The molecule has 7 aliphatic heterocycles. The molecule has 0 saturated carbocycles. The molecule has 424 valence electrons. The second kappa shape index (κ2) is 23.9. The number of ether oxygens (including phenoxy) is 5. The Bertz CT molecular complexity index is 3350. The monoisotopic (exact) mass is 1110 g/mol. The Hall–Kier alpha value is -9.07. The molecule has 0 aromatic heterocycles. The number of fused-ring (bicyclic) bond motifs is 4. The van der Waals surface area contributed by atoms with E-state index in [-0.39, 0.29) is 73.1 Å². The minimum atomic E-state index is -0.672. The lowest BCUT2D eigenvalue weighted by atomic mass is 10.0. The average Bonchev–Trinajstić information content (AvgIpc) is 4.54. The maximum absolute atomic E-state index is 14.2. The number of likely N-dealkylation sites (tertiary alicyclic amines) is 2. The van der Waals surface area contributed by atoms with Crippen LogP contribution in [0.1, 0.15) is 102 Å². The molecule has 2 saturated heterocycles. The van der Waals surface area contributed by atoms with Crippen molar-refractivity contribution < 1.29 is 57.2 Å². The van der Waals surface area contributed by atoms with Crippen molar-refractivity contribution in [2.24, 2.45) is 9.98 Å². The van der Waals surface area contributed by atoms with Gasteiger partial charge in [-0.25, -0.2) is 0 Å². The van der Waals surface area contributed by atoms with Crippen LogP contribution in [0.2, 0.25) is 0 Å².